The van der Waals surface area contributed by atoms with Crippen LogP contribution in [-0.4, -0.2) is 175 Å². The SMILES string of the molecule is C[C@@H]1O[C@@H](O[C@@H]2[C@@H](O)[C@H](O)CO[C@H]2O)[C@H](O)[C@H](O)[C@H]1O[C@@H]1OC[C@H](O)[C@@H](O[C@@H]2OC[C@@H](O)[C@H](O)[C@H]2O)[C@H]1O. The smallest absolute Gasteiger partial charge is 0.187 e. The van der Waals surface area contributed by atoms with Gasteiger partial charge in [-0.25, -0.2) is 0 Å². The van der Waals surface area contributed by atoms with Gasteiger partial charge in [0.25, 0.3) is 0 Å². The maximum absolute atomic E-state index is 10.8. The third-order valence-corrected chi connectivity index (χ3v) is 6.98. The number of aliphatic hydroxyl groups excluding tert-OH is 10. The van der Waals surface area contributed by atoms with Crippen LogP contribution in [0, 0.1) is 0 Å². The van der Waals surface area contributed by atoms with Crippen LogP contribution in [0.15, 0.2) is 0 Å². The van der Waals surface area contributed by atoms with E-state index in [0.29, 0.717) is 0 Å². The molecule has 0 radical (unpaired) electrons. The van der Waals surface area contributed by atoms with Crippen LogP contribution in [0.5, 0.6) is 0 Å². The van der Waals surface area contributed by atoms with Crippen LogP contribution in [0.4, 0.5) is 0 Å². The van der Waals surface area contributed by atoms with E-state index in [1.807, 2.05) is 0 Å². The maximum Gasteiger partial charge on any atom is 0.187 e. The zero-order valence-corrected chi connectivity index (χ0v) is 20.3. The molecular weight excluding hydrogens is 524 g/mol. The summed E-state index contributed by atoms with van der Waals surface area (Å²) in [5.41, 5.74) is 0. The molecule has 4 saturated heterocycles. The largest absolute Gasteiger partial charge is 0.388 e. The van der Waals surface area contributed by atoms with E-state index in [1.54, 1.807) is 0 Å². The molecule has 4 heterocycles. The number of ether oxygens (including phenoxy) is 7. The topological polar surface area (TPSA) is 267 Å². The van der Waals surface area contributed by atoms with Crippen LogP contribution in [0.2, 0.25) is 0 Å². The van der Waals surface area contributed by atoms with Crippen LogP contribution in [-0.2, 0) is 33.2 Å². The number of rotatable bonds is 6. The number of aliphatic hydroxyl groups is 10. The van der Waals surface area contributed by atoms with Gasteiger partial charge in [-0.05, 0) is 6.92 Å². The van der Waals surface area contributed by atoms with E-state index in [4.69, 9.17) is 33.2 Å². The molecule has 4 aliphatic rings. The Morgan fingerprint density at radius 1 is 0.474 bits per heavy atom. The molecule has 0 unspecified atom stereocenters. The van der Waals surface area contributed by atoms with E-state index in [2.05, 4.69) is 0 Å². The van der Waals surface area contributed by atoms with Gasteiger partial charge in [-0.1, -0.05) is 0 Å². The molecule has 4 aliphatic heterocycles. The Bertz CT molecular complexity index is 761. The fraction of sp³-hybridized carbons (Fsp3) is 1.00. The fourth-order valence-corrected chi connectivity index (χ4v) is 4.66. The molecule has 0 saturated carbocycles. The summed E-state index contributed by atoms with van der Waals surface area (Å²) in [5.74, 6) is 0. The van der Waals surface area contributed by atoms with Gasteiger partial charge in [-0.15, -0.1) is 0 Å². The highest BCUT2D eigenvalue weighted by Gasteiger charge is 2.51. The third-order valence-electron chi connectivity index (χ3n) is 6.98. The Balaban J connectivity index is 1.37. The average Bonchev–Trinajstić information content (AvgIpc) is 2.88. The van der Waals surface area contributed by atoms with Crippen molar-refractivity contribution in [3.8, 4) is 0 Å². The van der Waals surface area contributed by atoms with Crippen molar-refractivity contribution in [3.63, 3.8) is 0 Å². The van der Waals surface area contributed by atoms with Gasteiger partial charge < -0.3 is 84.2 Å². The molecule has 17 atom stereocenters. The second-order valence-corrected chi connectivity index (χ2v) is 9.78. The second kappa shape index (κ2) is 12.5. The number of hydrogen-bond donors (Lipinski definition) is 10. The minimum absolute atomic E-state index is 0.345. The molecule has 0 spiro atoms. The Morgan fingerprint density at radius 2 is 0.974 bits per heavy atom. The normalized spacial score (nSPS) is 54.6. The van der Waals surface area contributed by atoms with Crippen molar-refractivity contribution >= 4 is 0 Å². The molecule has 222 valence electrons. The lowest BCUT2D eigenvalue weighted by molar-refractivity contribution is -0.374. The molecule has 38 heavy (non-hydrogen) atoms. The standard InChI is InChI=1S/C21H36O17/c1-5-15(11(27)13(29)21(35-5)38-17-10(26)7(23)2-32-18(17)31)36-20-14(30)16(8(24)4-34-20)37-19-12(28)9(25)6(22)3-33-19/h5-31H,2-4H2,1H3/t5-,6+,7+,8-,9-,10-,11-,12+,13+,14+,15-,16+,17+,18+,19-,20-,21-/m0/s1. The summed E-state index contributed by atoms with van der Waals surface area (Å²) in [6.07, 6.45) is -25.7. The first-order valence-electron chi connectivity index (χ1n) is 12.2. The van der Waals surface area contributed by atoms with Crippen molar-refractivity contribution in [1.29, 1.82) is 0 Å². The Labute approximate surface area is 216 Å². The van der Waals surface area contributed by atoms with Crippen molar-refractivity contribution in [2.75, 3.05) is 19.8 Å². The molecule has 17 nitrogen and oxygen atoms in total. The first-order valence-corrected chi connectivity index (χ1v) is 12.2. The molecule has 0 aromatic rings. The summed E-state index contributed by atoms with van der Waals surface area (Å²) in [6.45, 7) is 0.309. The number of hydrogen-bond acceptors (Lipinski definition) is 17. The summed E-state index contributed by atoms with van der Waals surface area (Å²) in [6, 6.07) is 0. The zero-order chi connectivity index (χ0) is 27.9. The molecule has 0 aromatic heterocycles. The molecule has 10 N–H and O–H groups in total. The molecule has 0 amide bonds. The Kier molecular flexibility index (Phi) is 9.92. The molecular formula is C21H36O17. The van der Waals surface area contributed by atoms with Gasteiger partial charge >= 0.3 is 0 Å². The lowest BCUT2D eigenvalue weighted by Crippen LogP contribution is -2.64. The Hall–Kier alpha value is -0.680. The molecule has 0 bridgehead atoms. The highest BCUT2D eigenvalue weighted by Crippen LogP contribution is 2.31. The lowest BCUT2D eigenvalue weighted by atomic mass is 9.98. The molecule has 4 fully saturated rings. The predicted molar refractivity (Wildman–Crippen MR) is 114 cm³/mol. The van der Waals surface area contributed by atoms with Crippen LogP contribution in [0.3, 0.4) is 0 Å². The average molecular weight is 561 g/mol. The van der Waals surface area contributed by atoms with Crippen molar-refractivity contribution in [3.05, 3.63) is 0 Å². The molecule has 17 heteroatoms. The first kappa shape index (κ1) is 30.3. The summed E-state index contributed by atoms with van der Waals surface area (Å²) >= 11 is 0. The first-order chi connectivity index (χ1) is 17.9. The van der Waals surface area contributed by atoms with Gasteiger partial charge in [-0.2, -0.15) is 0 Å². The molecule has 4 rings (SSSR count). The van der Waals surface area contributed by atoms with E-state index in [-0.39, 0.29) is 13.2 Å². The zero-order valence-electron chi connectivity index (χ0n) is 20.3. The van der Waals surface area contributed by atoms with E-state index < -0.39 is 111 Å². The Morgan fingerprint density at radius 3 is 1.66 bits per heavy atom. The van der Waals surface area contributed by atoms with E-state index in [0.717, 1.165) is 0 Å². The van der Waals surface area contributed by atoms with Crippen molar-refractivity contribution in [2.45, 2.75) is 111 Å². The van der Waals surface area contributed by atoms with Gasteiger partial charge in [0.05, 0.1) is 25.9 Å². The monoisotopic (exact) mass is 560 g/mol. The van der Waals surface area contributed by atoms with Crippen LogP contribution < -0.4 is 0 Å². The summed E-state index contributed by atoms with van der Waals surface area (Å²) < 4.78 is 37.5. The quantitative estimate of drug-likeness (QED) is 0.145. The second-order valence-electron chi connectivity index (χ2n) is 9.78. The van der Waals surface area contributed by atoms with Gasteiger partial charge in [0.15, 0.2) is 25.2 Å². The minimum Gasteiger partial charge on any atom is -0.388 e. The lowest BCUT2D eigenvalue weighted by Gasteiger charge is -2.46. The van der Waals surface area contributed by atoms with Crippen LogP contribution in [0.1, 0.15) is 6.92 Å². The van der Waals surface area contributed by atoms with Gasteiger partial charge in [0.1, 0.15) is 73.2 Å². The van der Waals surface area contributed by atoms with Gasteiger partial charge in [0, 0.05) is 0 Å². The third kappa shape index (κ3) is 6.14. The van der Waals surface area contributed by atoms with Crippen molar-refractivity contribution in [1.82, 2.24) is 0 Å². The molecule has 0 aromatic carbocycles. The fourth-order valence-electron chi connectivity index (χ4n) is 4.66. The summed E-state index contributed by atoms with van der Waals surface area (Å²) in [7, 11) is 0. The van der Waals surface area contributed by atoms with Gasteiger partial charge in [0.2, 0.25) is 0 Å². The minimum atomic E-state index is -1.79. The van der Waals surface area contributed by atoms with E-state index in [1.165, 1.54) is 6.92 Å². The summed E-state index contributed by atoms with van der Waals surface area (Å²) in [4.78, 5) is 0. The van der Waals surface area contributed by atoms with Crippen LogP contribution >= 0.6 is 0 Å². The molecule has 0 aliphatic carbocycles. The van der Waals surface area contributed by atoms with Crippen molar-refractivity contribution < 1.29 is 84.2 Å². The predicted octanol–water partition coefficient (Wildman–Crippen LogP) is -6.80. The highest BCUT2D eigenvalue weighted by molar-refractivity contribution is 4.94. The van der Waals surface area contributed by atoms with E-state index >= 15 is 0 Å². The summed E-state index contributed by atoms with van der Waals surface area (Å²) in [5, 5.41) is 102. The van der Waals surface area contributed by atoms with E-state index in [9.17, 15) is 51.1 Å². The van der Waals surface area contributed by atoms with Gasteiger partial charge in [-0.3, -0.25) is 0 Å². The highest BCUT2D eigenvalue weighted by atomic mass is 16.8. The maximum atomic E-state index is 10.8. The van der Waals surface area contributed by atoms with Crippen molar-refractivity contribution in [2.24, 2.45) is 0 Å². The van der Waals surface area contributed by atoms with Crippen LogP contribution in [0.25, 0.3) is 0 Å².